The lowest BCUT2D eigenvalue weighted by atomic mass is 9.99. The van der Waals surface area contributed by atoms with E-state index in [4.69, 9.17) is 0 Å². The molecule has 0 aliphatic carbocycles. The fraction of sp³-hybridized carbons (Fsp3) is 0.190. The molecule has 3 rings (SSSR count). The van der Waals surface area contributed by atoms with Gasteiger partial charge in [0.05, 0.1) is 11.4 Å². The van der Waals surface area contributed by atoms with E-state index in [1.54, 1.807) is 0 Å². The molecule has 3 aromatic rings. The smallest absolute Gasteiger partial charge is 0.173 e. The van der Waals surface area contributed by atoms with Crippen LogP contribution in [0.5, 0.6) is 0 Å². The van der Waals surface area contributed by atoms with Gasteiger partial charge in [0.2, 0.25) is 0 Å². The van der Waals surface area contributed by atoms with Crippen molar-refractivity contribution in [2.75, 3.05) is 5.75 Å². The van der Waals surface area contributed by atoms with Crippen molar-refractivity contribution in [3.05, 3.63) is 76.6 Å². The van der Waals surface area contributed by atoms with Gasteiger partial charge in [-0.3, -0.25) is 4.79 Å². The van der Waals surface area contributed by atoms with Gasteiger partial charge in [-0.1, -0.05) is 17.8 Å². The van der Waals surface area contributed by atoms with Crippen LogP contribution in [0.15, 0.2) is 53.6 Å². The molecule has 0 spiro atoms. The number of carbonyl (C=O) groups is 1. The van der Waals surface area contributed by atoms with E-state index in [0.29, 0.717) is 10.6 Å². The molecule has 0 N–H and O–H groups in total. The van der Waals surface area contributed by atoms with Crippen LogP contribution in [0, 0.1) is 26.6 Å². The van der Waals surface area contributed by atoms with Crippen LogP contribution in [0.2, 0.25) is 0 Å². The highest BCUT2D eigenvalue weighted by Crippen LogP contribution is 2.26. The molecular formula is C21H19FN2OS. The molecule has 132 valence electrons. The summed E-state index contributed by atoms with van der Waals surface area (Å²) in [6, 6.07) is 13.6. The van der Waals surface area contributed by atoms with Gasteiger partial charge in [-0.15, -0.1) is 10.2 Å². The molecule has 0 saturated carbocycles. The first-order valence-corrected chi connectivity index (χ1v) is 9.26. The molecule has 1 aromatic heterocycles. The van der Waals surface area contributed by atoms with Crippen LogP contribution in [-0.2, 0) is 0 Å². The number of thioether (sulfide) groups is 1. The van der Waals surface area contributed by atoms with Crippen LogP contribution < -0.4 is 0 Å². The van der Waals surface area contributed by atoms with Crippen LogP contribution in [0.4, 0.5) is 4.39 Å². The molecule has 0 amide bonds. The Kier molecular flexibility index (Phi) is 5.47. The first-order chi connectivity index (χ1) is 12.4. The number of benzene rings is 2. The fourth-order valence-corrected chi connectivity index (χ4v) is 3.34. The molecule has 0 aliphatic rings. The molecule has 26 heavy (non-hydrogen) atoms. The van der Waals surface area contributed by atoms with Crippen LogP contribution in [0.3, 0.4) is 0 Å². The van der Waals surface area contributed by atoms with Crippen molar-refractivity contribution < 1.29 is 9.18 Å². The second-order valence-electron chi connectivity index (χ2n) is 6.23. The van der Waals surface area contributed by atoms with Gasteiger partial charge in [-0.2, -0.15) is 0 Å². The minimum Gasteiger partial charge on any atom is -0.293 e. The van der Waals surface area contributed by atoms with Gasteiger partial charge < -0.3 is 0 Å². The standard InChI is InChI=1S/C21H19FN2OS/c1-13-10-15(3)18(11-14(13)2)19-8-9-21(24-23-19)26-12-20(25)16-4-6-17(22)7-5-16/h4-11H,12H2,1-3H3. The maximum atomic E-state index is 12.9. The Morgan fingerprint density at radius 2 is 1.62 bits per heavy atom. The first kappa shape index (κ1) is 18.3. The average Bonchev–Trinajstić information content (AvgIpc) is 2.64. The Hall–Kier alpha value is -2.53. The quantitative estimate of drug-likeness (QED) is 0.461. The Balaban J connectivity index is 1.69. The molecule has 2 aromatic carbocycles. The lowest BCUT2D eigenvalue weighted by Crippen LogP contribution is -2.03. The number of aromatic nitrogens is 2. The summed E-state index contributed by atoms with van der Waals surface area (Å²) in [5.41, 5.74) is 6.02. The third kappa shape index (κ3) is 4.17. The molecule has 3 nitrogen and oxygen atoms in total. The van der Waals surface area contributed by atoms with Gasteiger partial charge in [0.1, 0.15) is 10.8 Å². The van der Waals surface area contributed by atoms with E-state index < -0.39 is 0 Å². The van der Waals surface area contributed by atoms with E-state index in [9.17, 15) is 9.18 Å². The number of rotatable bonds is 5. The molecule has 0 aliphatic heterocycles. The third-order valence-corrected chi connectivity index (χ3v) is 5.19. The highest BCUT2D eigenvalue weighted by molar-refractivity contribution is 7.99. The summed E-state index contributed by atoms with van der Waals surface area (Å²) in [6.07, 6.45) is 0. The summed E-state index contributed by atoms with van der Waals surface area (Å²) in [4.78, 5) is 12.1. The van der Waals surface area contributed by atoms with Crippen molar-refractivity contribution in [3.63, 3.8) is 0 Å². The van der Waals surface area contributed by atoms with Crippen molar-refractivity contribution in [1.82, 2.24) is 10.2 Å². The number of hydrogen-bond acceptors (Lipinski definition) is 4. The summed E-state index contributed by atoms with van der Waals surface area (Å²) in [5, 5.41) is 9.23. The van der Waals surface area contributed by atoms with E-state index in [1.165, 1.54) is 47.2 Å². The van der Waals surface area contributed by atoms with E-state index in [2.05, 4.69) is 43.1 Å². The summed E-state index contributed by atoms with van der Waals surface area (Å²) >= 11 is 1.32. The SMILES string of the molecule is Cc1cc(C)c(-c2ccc(SCC(=O)c3ccc(F)cc3)nn2)cc1C. The van der Waals surface area contributed by atoms with Crippen molar-refractivity contribution in [2.45, 2.75) is 25.8 Å². The zero-order valence-corrected chi connectivity index (χ0v) is 15.7. The van der Waals surface area contributed by atoms with Gasteiger partial charge in [-0.25, -0.2) is 4.39 Å². The van der Waals surface area contributed by atoms with Gasteiger partial charge in [0, 0.05) is 11.1 Å². The molecular weight excluding hydrogens is 347 g/mol. The first-order valence-electron chi connectivity index (χ1n) is 8.27. The maximum Gasteiger partial charge on any atom is 0.173 e. The Bertz CT molecular complexity index is 937. The van der Waals surface area contributed by atoms with Crippen LogP contribution in [-0.4, -0.2) is 21.7 Å². The summed E-state index contributed by atoms with van der Waals surface area (Å²) in [5.74, 6) is -0.175. The van der Waals surface area contributed by atoms with Crippen molar-refractivity contribution in [1.29, 1.82) is 0 Å². The van der Waals surface area contributed by atoms with E-state index in [1.807, 2.05) is 12.1 Å². The number of hydrogen-bond donors (Lipinski definition) is 0. The van der Waals surface area contributed by atoms with Gasteiger partial charge in [0.25, 0.3) is 0 Å². The molecule has 0 fully saturated rings. The predicted octanol–water partition coefficient (Wildman–Crippen LogP) is 5.18. The maximum absolute atomic E-state index is 12.9. The molecule has 0 unspecified atom stereocenters. The van der Waals surface area contributed by atoms with E-state index >= 15 is 0 Å². The van der Waals surface area contributed by atoms with Gasteiger partial charge in [-0.05, 0) is 79.9 Å². The topological polar surface area (TPSA) is 42.9 Å². The van der Waals surface area contributed by atoms with Crippen molar-refractivity contribution in [3.8, 4) is 11.3 Å². The van der Waals surface area contributed by atoms with Crippen LogP contribution in [0.1, 0.15) is 27.0 Å². The van der Waals surface area contributed by atoms with Gasteiger partial charge in [0.15, 0.2) is 5.78 Å². The number of Topliss-reactive ketones (excluding diaryl/α,β-unsaturated/α-hetero) is 1. The normalized spacial score (nSPS) is 10.8. The van der Waals surface area contributed by atoms with Crippen molar-refractivity contribution >= 4 is 17.5 Å². The predicted molar refractivity (Wildman–Crippen MR) is 103 cm³/mol. The van der Waals surface area contributed by atoms with Crippen molar-refractivity contribution in [2.24, 2.45) is 0 Å². The third-order valence-electron chi connectivity index (χ3n) is 4.27. The summed E-state index contributed by atoms with van der Waals surface area (Å²) in [7, 11) is 0. The molecule has 0 atom stereocenters. The van der Waals surface area contributed by atoms with E-state index in [0.717, 1.165) is 16.8 Å². The molecule has 5 heteroatoms. The zero-order valence-electron chi connectivity index (χ0n) is 14.9. The number of halogens is 1. The Morgan fingerprint density at radius 1 is 0.923 bits per heavy atom. The second-order valence-corrected chi connectivity index (χ2v) is 7.22. The molecule has 0 bridgehead atoms. The monoisotopic (exact) mass is 366 g/mol. The number of carbonyl (C=O) groups excluding carboxylic acids is 1. The zero-order chi connectivity index (χ0) is 18.7. The minimum absolute atomic E-state index is 0.0640. The Morgan fingerprint density at radius 3 is 2.27 bits per heavy atom. The van der Waals surface area contributed by atoms with Gasteiger partial charge >= 0.3 is 0 Å². The average molecular weight is 366 g/mol. The molecule has 1 heterocycles. The van der Waals surface area contributed by atoms with Crippen LogP contribution >= 0.6 is 11.8 Å². The summed E-state index contributed by atoms with van der Waals surface area (Å²) < 4.78 is 12.9. The van der Waals surface area contributed by atoms with Crippen LogP contribution in [0.25, 0.3) is 11.3 Å². The lowest BCUT2D eigenvalue weighted by Gasteiger charge is -2.09. The van der Waals surface area contributed by atoms with E-state index in [-0.39, 0.29) is 17.4 Å². The molecule has 0 saturated heterocycles. The number of ketones is 1. The second kappa shape index (κ2) is 7.79. The summed E-state index contributed by atoms with van der Waals surface area (Å²) in [6.45, 7) is 6.24. The lowest BCUT2D eigenvalue weighted by molar-refractivity contribution is 0.102. The molecule has 0 radical (unpaired) electrons. The number of aryl methyl sites for hydroxylation is 3. The highest BCUT2D eigenvalue weighted by atomic mass is 32.2. The highest BCUT2D eigenvalue weighted by Gasteiger charge is 2.10. The largest absolute Gasteiger partial charge is 0.293 e. The minimum atomic E-state index is -0.350. The number of nitrogens with zero attached hydrogens (tertiary/aromatic N) is 2. The fourth-order valence-electron chi connectivity index (χ4n) is 2.64. The Labute approximate surface area is 156 Å².